The predicted molar refractivity (Wildman–Crippen MR) is 125 cm³/mol. The van der Waals surface area contributed by atoms with Gasteiger partial charge in [-0.05, 0) is 77.1 Å². The van der Waals surface area contributed by atoms with Crippen LogP contribution in [0.2, 0.25) is 0 Å². The van der Waals surface area contributed by atoms with Crippen LogP contribution in [0.25, 0.3) is 0 Å². The number of amides is 1. The number of hydrogen-bond acceptors (Lipinski definition) is 7. The van der Waals surface area contributed by atoms with Crippen molar-refractivity contribution in [2.45, 2.75) is 50.7 Å². The number of carbonyl (C=O) groups is 1. The minimum Gasteiger partial charge on any atom is -0.444 e. The van der Waals surface area contributed by atoms with Gasteiger partial charge in [0.05, 0.1) is 4.90 Å². The lowest BCUT2D eigenvalue weighted by Crippen LogP contribution is -2.44. The molecule has 1 atom stereocenters. The van der Waals surface area contributed by atoms with Crippen molar-refractivity contribution in [1.29, 1.82) is 0 Å². The molecule has 0 fully saturated rings. The quantitative estimate of drug-likeness (QED) is 0.426. The van der Waals surface area contributed by atoms with Gasteiger partial charge in [0.25, 0.3) is 10.0 Å². The van der Waals surface area contributed by atoms with Crippen molar-refractivity contribution >= 4 is 45.1 Å². The first-order valence-corrected chi connectivity index (χ1v) is 12.5. The minimum atomic E-state index is -3.86. The fraction of sp³-hybridized carbons (Fsp3) is 0.500. The Morgan fingerprint density at radius 1 is 1.30 bits per heavy atom. The molecule has 1 amide bonds. The highest BCUT2D eigenvalue weighted by molar-refractivity contribution is 7.98. The van der Waals surface area contributed by atoms with Crippen LogP contribution in [0.5, 0.6) is 0 Å². The SMILES string of the molecule is C=C(OC(=S)[C@H](CCSC)NC(=O)OC(C)(C)C)N(C)S(=O)(=O)c1ccc(C)cc1. The Morgan fingerprint density at radius 3 is 2.37 bits per heavy atom. The third kappa shape index (κ3) is 8.16. The Balaban J connectivity index is 2.89. The van der Waals surface area contributed by atoms with E-state index in [0.29, 0.717) is 12.2 Å². The van der Waals surface area contributed by atoms with Crippen LogP contribution in [-0.4, -0.2) is 54.6 Å². The summed E-state index contributed by atoms with van der Waals surface area (Å²) in [7, 11) is -2.53. The Hall–Kier alpha value is -1.78. The number of sulfonamides is 1. The number of thiocarbonyl (C=S) groups is 1. The lowest BCUT2D eigenvalue weighted by atomic mass is 10.2. The van der Waals surface area contributed by atoms with Gasteiger partial charge in [-0.25, -0.2) is 17.5 Å². The summed E-state index contributed by atoms with van der Waals surface area (Å²) in [6.07, 6.45) is 1.78. The molecule has 0 radical (unpaired) electrons. The molecule has 0 spiro atoms. The van der Waals surface area contributed by atoms with Gasteiger partial charge in [-0.15, -0.1) is 0 Å². The predicted octanol–water partition coefficient (Wildman–Crippen LogP) is 4.08. The molecule has 0 unspecified atom stereocenters. The lowest BCUT2D eigenvalue weighted by molar-refractivity contribution is 0.0513. The van der Waals surface area contributed by atoms with E-state index in [4.69, 9.17) is 21.7 Å². The molecule has 0 saturated carbocycles. The van der Waals surface area contributed by atoms with Crippen molar-refractivity contribution in [1.82, 2.24) is 9.62 Å². The van der Waals surface area contributed by atoms with Gasteiger partial charge in [0, 0.05) is 7.05 Å². The summed E-state index contributed by atoms with van der Waals surface area (Å²) in [5.74, 6) is 0.536. The maximum atomic E-state index is 12.8. The lowest BCUT2D eigenvalue weighted by Gasteiger charge is -2.26. The molecular formula is C20H30N2O5S3. The average Bonchev–Trinajstić information content (AvgIpc) is 2.63. The largest absolute Gasteiger partial charge is 0.444 e. The normalized spacial score (nSPS) is 12.6. The van der Waals surface area contributed by atoms with Gasteiger partial charge in [0.1, 0.15) is 11.6 Å². The van der Waals surface area contributed by atoms with E-state index < -0.39 is 27.8 Å². The van der Waals surface area contributed by atoms with Crippen LogP contribution in [0.15, 0.2) is 41.6 Å². The molecule has 10 heteroatoms. The van der Waals surface area contributed by atoms with E-state index in [0.717, 1.165) is 9.87 Å². The number of nitrogens with zero attached hydrogens (tertiary/aromatic N) is 1. The summed E-state index contributed by atoms with van der Waals surface area (Å²) in [6, 6.07) is 5.79. The molecular weight excluding hydrogens is 444 g/mol. The maximum absolute atomic E-state index is 12.8. The zero-order chi connectivity index (χ0) is 23.1. The number of aryl methyl sites for hydroxylation is 1. The highest BCUT2D eigenvalue weighted by Gasteiger charge is 2.27. The molecule has 1 aromatic rings. The first-order chi connectivity index (χ1) is 13.8. The Morgan fingerprint density at radius 2 is 1.87 bits per heavy atom. The van der Waals surface area contributed by atoms with E-state index in [2.05, 4.69) is 11.9 Å². The first-order valence-electron chi connectivity index (χ1n) is 9.22. The average molecular weight is 475 g/mol. The van der Waals surface area contributed by atoms with E-state index in [9.17, 15) is 13.2 Å². The van der Waals surface area contributed by atoms with Gasteiger partial charge in [0.2, 0.25) is 5.88 Å². The number of ether oxygens (including phenoxy) is 2. The van der Waals surface area contributed by atoms with E-state index in [1.165, 1.54) is 19.2 Å². The van der Waals surface area contributed by atoms with Crippen molar-refractivity contribution in [2.24, 2.45) is 0 Å². The van der Waals surface area contributed by atoms with Crippen molar-refractivity contribution in [3.05, 3.63) is 42.3 Å². The second-order valence-electron chi connectivity index (χ2n) is 7.58. The van der Waals surface area contributed by atoms with Crippen molar-refractivity contribution in [3.8, 4) is 0 Å². The van der Waals surface area contributed by atoms with Crippen molar-refractivity contribution in [3.63, 3.8) is 0 Å². The van der Waals surface area contributed by atoms with Gasteiger partial charge in [-0.2, -0.15) is 11.8 Å². The summed E-state index contributed by atoms with van der Waals surface area (Å²) in [5, 5.41) is 2.68. The van der Waals surface area contributed by atoms with Crippen LogP contribution in [0.1, 0.15) is 32.8 Å². The van der Waals surface area contributed by atoms with Crippen LogP contribution in [0, 0.1) is 6.92 Å². The van der Waals surface area contributed by atoms with E-state index in [1.807, 2.05) is 13.2 Å². The second kappa shape index (κ2) is 11.0. The second-order valence-corrected chi connectivity index (χ2v) is 10.9. The van der Waals surface area contributed by atoms with Gasteiger partial charge < -0.3 is 14.8 Å². The van der Waals surface area contributed by atoms with E-state index >= 15 is 0 Å². The topological polar surface area (TPSA) is 84.9 Å². The fourth-order valence-electron chi connectivity index (χ4n) is 2.19. The third-order valence-corrected chi connectivity index (χ3v) is 6.64. The Bertz CT molecular complexity index is 861. The van der Waals surface area contributed by atoms with E-state index in [-0.39, 0.29) is 15.8 Å². The minimum absolute atomic E-state index is 0.00543. The smallest absolute Gasteiger partial charge is 0.408 e. The molecule has 1 N–H and O–H groups in total. The number of hydrogen-bond donors (Lipinski definition) is 1. The van der Waals surface area contributed by atoms with Gasteiger partial charge in [-0.3, -0.25) is 0 Å². The summed E-state index contributed by atoms with van der Waals surface area (Å²) in [6.45, 7) is 10.8. The standard InChI is InChI=1S/C20H30N2O5S3/c1-14-8-10-16(11-9-14)30(24,25)22(6)15(2)26-18(28)17(12-13-29-7)21-19(23)27-20(3,4)5/h8-11,17H,2,12-13H2,1,3-7H3,(H,21,23)/t17-/m0/s1. The summed E-state index contributed by atoms with van der Waals surface area (Å²) < 4.78 is 37.3. The van der Waals surface area contributed by atoms with Gasteiger partial charge in [-0.1, -0.05) is 17.7 Å². The number of rotatable bonds is 9. The highest BCUT2D eigenvalue weighted by atomic mass is 32.2. The molecule has 0 bridgehead atoms. The van der Waals surface area contributed by atoms with E-state index in [1.54, 1.807) is 44.7 Å². The third-order valence-electron chi connectivity index (χ3n) is 3.84. The zero-order valence-electron chi connectivity index (χ0n) is 18.2. The molecule has 1 aromatic carbocycles. The van der Waals surface area contributed by atoms with Crippen LogP contribution in [-0.2, 0) is 19.5 Å². The molecule has 168 valence electrons. The van der Waals surface area contributed by atoms with Crippen molar-refractivity contribution < 1.29 is 22.7 Å². The number of thioether (sulfide) groups is 1. The van der Waals surface area contributed by atoms with Gasteiger partial charge in [0.15, 0.2) is 5.05 Å². The summed E-state index contributed by atoms with van der Waals surface area (Å²) in [5.41, 5.74) is 0.278. The van der Waals surface area contributed by atoms with Crippen molar-refractivity contribution in [2.75, 3.05) is 19.1 Å². The summed E-state index contributed by atoms with van der Waals surface area (Å²) >= 11 is 6.90. The summed E-state index contributed by atoms with van der Waals surface area (Å²) in [4.78, 5) is 12.3. The molecule has 0 heterocycles. The van der Waals surface area contributed by atoms with Crippen LogP contribution in [0.3, 0.4) is 0 Å². The maximum Gasteiger partial charge on any atom is 0.408 e. The monoisotopic (exact) mass is 474 g/mol. The molecule has 0 aliphatic carbocycles. The Labute approximate surface area is 189 Å². The number of benzene rings is 1. The van der Waals surface area contributed by atoms with Gasteiger partial charge >= 0.3 is 6.09 Å². The molecule has 0 aliphatic heterocycles. The first kappa shape index (κ1) is 26.3. The van der Waals surface area contributed by atoms with Crippen LogP contribution < -0.4 is 5.32 Å². The number of nitrogens with one attached hydrogen (secondary N) is 1. The molecule has 7 nitrogen and oxygen atoms in total. The zero-order valence-corrected chi connectivity index (χ0v) is 20.7. The highest BCUT2D eigenvalue weighted by Crippen LogP contribution is 2.20. The van der Waals surface area contributed by atoms with Crippen LogP contribution >= 0.6 is 24.0 Å². The molecule has 0 aromatic heterocycles. The van der Waals surface area contributed by atoms with Crippen LogP contribution in [0.4, 0.5) is 4.79 Å². The molecule has 0 saturated heterocycles. The number of carbonyl (C=O) groups excluding carboxylic acids is 1. The fourth-order valence-corrected chi connectivity index (χ4v) is 4.03. The molecule has 0 aliphatic rings. The molecule has 30 heavy (non-hydrogen) atoms. The Kier molecular flexibility index (Phi) is 9.64. The molecule has 1 rings (SSSR count). The number of alkyl carbamates (subject to hydrolysis) is 1.